The number of nitrogens with zero attached hydrogens (tertiary/aromatic N) is 2. The second kappa shape index (κ2) is 8.15. The summed E-state index contributed by atoms with van der Waals surface area (Å²) in [7, 11) is 0. The molecule has 2 heterocycles. The summed E-state index contributed by atoms with van der Waals surface area (Å²) in [6, 6.07) is 10.8. The number of amides is 1. The van der Waals surface area contributed by atoms with Crippen molar-refractivity contribution in [2.75, 3.05) is 19.7 Å². The lowest BCUT2D eigenvalue weighted by Gasteiger charge is -2.32. The number of carbonyl (C=O) groups excluding carboxylic acids is 1. The lowest BCUT2D eigenvalue weighted by Crippen LogP contribution is -2.38. The third-order valence-electron chi connectivity index (χ3n) is 4.44. The molecule has 0 unspecified atom stereocenters. The lowest BCUT2D eigenvalue weighted by molar-refractivity contribution is 0.0680. The summed E-state index contributed by atoms with van der Waals surface area (Å²) in [5.41, 5.74) is 0.707. The summed E-state index contributed by atoms with van der Waals surface area (Å²) < 4.78 is 5.73. The topological polar surface area (TPSA) is 42.4 Å². The highest BCUT2D eigenvalue weighted by Crippen LogP contribution is 2.23. The first-order chi connectivity index (χ1) is 11.7. The molecule has 1 amide bonds. The number of piperidine rings is 1. The van der Waals surface area contributed by atoms with E-state index in [9.17, 15) is 4.79 Å². The van der Waals surface area contributed by atoms with E-state index in [0.717, 1.165) is 38.1 Å². The van der Waals surface area contributed by atoms with Gasteiger partial charge in [-0.2, -0.15) is 0 Å². The smallest absolute Gasteiger partial charge is 0.253 e. The van der Waals surface area contributed by atoms with Crippen LogP contribution in [0.3, 0.4) is 0 Å². The van der Waals surface area contributed by atoms with Gasteiger partial charge in [0.15, 0.2) is 0 Å². The fourth-order valence-corrected chi connectivity index (χ4v) is 3.10. The van der Waals surface area contributed by atoms with Gasteiger partial charge in [-0.05, 0) is 61.6 Å². The number of hydrogen-bond acceptors (Lipinski definition) is 3. The third-order valence-corrected chi connectivity index (χ3v) is 4.69. The molecule has 0 atom stereocenters. The minimum Gasteiger partial charge on any atom is -0.493 e. The van der Waals surface area contributed by atoms with Crippen LogP contribution in [0.15, 0.2) is 48.8 Å². The van der Waals surface area contributed by atoms with Gasteiger partial charge in [-0.15, -0.1) is 0 Å². The van der Waals surface area contributed by atoms with E-state index in [1.165, 1.54) is 0 Å². The zero-order valence-electron chi connectivity index (χ0n) is 13.5. The summed E-state index contributed by atoms with van der Waals surface area (Å²) in [5, 5.41) is 0.652. The van der Waals surface area contributed by atoms with Gasteiger partial charge < -0.3 is 9.64 Å². The minimum atomic E-state index is 0.0955. The molecule has 0 saturated carbocycles. The van der Waals surface area contributed by atoms with Crippen LogP contribution >= 0.6 is 11.6 Å². The Hall–Kier alpha value is -2.07. The van der Waals surface area contributed by atoms with E-state index < -0.39 is 0 Å². The predicted octanol–water partition coefficient (Wildman–Crippen LogP) is 4.06. The number of aromatic nitrogens is 1. The van der Waals surface area contributed by atoms with Crippen LogP contribution in [0.1, 0.15) is 29.6 Å². The van der Waals surface area contributed by atoms with Crippen LogP contribution < -0.4 is 4.74 Å². The molecule has 126 valence electrons. The Bertz CT molecular complexity index is 653. The Labute approximate surface area is 147 Å². The molecule has 1 saturated heterocycles. The van der Waals surface area contributed by atoms with Gasteiger partial charge in [-0.1, -0.05) is 11.6 Å². The third kappa shape index (κ3) is 4.48. The summed E-state index contributed by atoms with van der Waals surface area (Å²) in [5.74, 6) is 1.57. The quantitative estimate of drug-likeness (QED) is 0.821. The highest BCUT2D eigenvalue weighted by molar-refractivity contribution is 6.30. The maximum Gasteiger partial charge on any atom is 0.253 e. The van der Waals surface area contributed by atoms with E-state index in [2.05, 4.69) is 4.98 Å². The van der Waals surface area contributed by atoms with Gasteiger partial charge in [-0.3, -0.25) is 9.78 Å². The van der Waals surface area contributed by atoms with Crippen LogP contribution in [0.5, 0.6) is 5.75 Å². The summed E-state index contributed by atoms with van der Waals surface area (Å²) in [6.07, 6.45) is 6.54. The van der Waals surface area contributed by atoms with Crippen LogP contribution in [0, 0.1) is 5.92 Å². The van der Waals surface area contributed by atoms with Crippen molar-refractivity contribution < 1.29 is 9.53 Å². The molecule has 0 N–H and O–H groups in total. The van der Waals surface area contributed by atoms with Gasteiger partial charge in [0.2, 0.25) is 0 Å². The standard InChI is InChI=1S/C19H21ClN2O2/c20-17-3-1-16(2-4-17)19(23)22-12-7-15(8-13-22)9-14-24-18-5-10-21-11-6-18/h1-6,10-11,15H,7-9,12-14H2. The van der Waals surface area contributed by atoms with Gasteiger partial charge in [0.25, 0.3) is 5.91 Å². The zero-order valence-corrected chi connectivity index (χ0v) is 14.3. The minimum absolute atomic E-state index is 0.0955. The number of ether oxygens (including phenoxy) is 1. The van der Waals surface area contributed by atoms with Gasteiger partial charge in [0.05, 0.1) is 6.61 Å². The largest absolute Gasteiger partial charge is 0.493 e. The van der Waals surface area contributed by atoms with Crippen LogP contribution in [-0.2, 0) is 0 Å². The average molecular weight is 345 g/mol. The Morgan fingerprint density at radius 3 is 2.46 bits per heavy atom. The Kier molecular flexibility index (Phi) is 5.70. The highest BCUT2D eigenvalue weighted by atomic mass is 35.5. The van der Waals surface area contributed by atoms with Crippen molar-refractivity contribution >= 4 is 17.5 Å². The molecule has 1 aromatic heterocycles. The summed E-state index contributed by atoms with van der Waals surface area (Å²) in [6.45, 7) is 2.32. The van der Waals surface area contributed by atoms with E-state index in [4.69, 9.17) is 16.3 Å². The summed E-state index contributed by atoms with van der Waals surface area (Å²) >= 11 is 5.87. The van der Waals surface area contributed by atoms with Gasteiger partial charge in [0, 0.05) is 36.1 Å². The fraction of sp³-hybridized carbons (Fsp3) is 0.368. The van der Waals surface area contributed by atoms with E-state index in [1.54, 1.807) is 36.7 Å². The van der Waals surface area contributed by atoms with Crippen LogP contribution in [0.4, 0.5) is 0 Å². The molecule has 3 rings (SSSR count). The highest BCUT2D eigenvalue weighted by Gasteiger charge is 2.23. The maximum atomic E-state index is 12.5. The first-order valence-corrected chi connectivity index (χ1v) is 8.68. The molecule has 1 fully saturated rings. The number of benzene rings is 1. The van der Waals surface area contributed by atoms with E-state index in [0.29, 0.717) is 23.1 Å². The van der Waals surface area contributed by atoms with Crippen molar-refractivity contribution in [2.24, 2.45) is 5.92 Å². The normalized spacial score (nSPS) is 15.3. The van der Waals surface area contributed by atoms with Crippen molar-refractivity contribution in [3.63, 3.8) is 0 Å². The number of likely N-dealkylation sites (tertiary alicyclic amines) is 1. The fourth-order valence-electron chi connectivity index (χ4n) is 2.98. The lowest BCUT2D eigenvalue weighted by atomic mass is 9.93. The van der Waals surface area contributed by atoms with Crippen molar-refractivity contribution in [3.8, 4) is 5.75 Å². The molecule has 24 heavy (non-hydrogen) atoms. The first kappa shape index (κ1) is 16.8. The molecule has 0 aliphatic carbocycles. The second-order valence-electron chi connectivity index (χ2n) is 6.06. The van der Waals surface area contributed by atoms with Gasteiger partial charge in [-0.25, -0.2) is 0 Å². The number of hydrogen-bond donors (Lipinski definition) is 0. The Balaban J connectivity index is 1.42. The molecule has 1 aromatic carbocycles. The second-order valence-corrected chi connectivity index (χ2v) is 6.50. The summed E-state index contributed by atoms with van der Waals surface area (Å²) in [4.78, 5) is 18.4. The molecule has 1 aliphatic rings. The van der Waals surface area contributed by atoms with E-state index in [-0.39, 0.29) is 5.91 Å². The van der Waals surface area contributed by atoms with Gasteiger partial charge in [0.1, 0.15) is 5.75 Å². The number of pyridine rings is 1. The molecular formula is C19H21ClN2O2. The van der Waals surface area contributed by atoms with Crippen LogP contribution in [0.25, 0.3) is 0 Å². The molecule has 5 heteroatoms. The monoisotopic (exact) mass is 344 g/mol. The van der Waals surface area contributed by atoms with Crippen molar-refractivity contribution in [1.29, 1.82) is 0 Å². The first-order valence-electron chi connectivity index (χ1n) is 8.30. The Morgan fingerprint density at radius 1 is 1.12 bits per heavy atom. The molecule has 0 bridgehead atoms. The molecule has 1 aliphatic heterocycles. The van der Waals surface area contributed by atoms with Crippen LogP contribution in [0.2, 0.25) is 5.02 Å². The predicted molar refractivity (Wildman–Crippen MR) is 94.4 cm³/mol. The molecule has 0 spiro atoms. The average Bonchev–Trinajstić information content (AvgIpc) is 2.63. The van der Waals surface area contributed by atoms with Crippen molar-refractivity contribution in [3.05, 3.63) is 59.4 Å². The van der Waals surface area contributed by atoms with E-state index in [1.807, 2.05) is 17.0 Å². The molecule has 4 nitrogen and oxygen atoms in total. The molecule has 2 aromatic rings. The van der Waals surface area contributed by atoms with Crippen molar-refractivity contribution in [2.45, 2.75) is 19.3 Å². The van der Waals surface area contributed by atoms with E-state index >= 15 is 0 Å². The molecule has 0 radical (unpaired) electrons. The zero-order chi connectivity index (χ0) is 16.8. The van der Waals surface area contributed by atoms with Crippen molar-refractivity contribution in [1.82, 2.24) is 9.88 Å². The number of halogens is 1. The number of carbonyl (C=O) groups is 1. The van der Waals surface area contributed by atoms with Gasteiger partial charge >= 0.3 is 0 Å². The SMILES string of the molecule is O=C(c1ccc(Cl)cc1)N1CCC(CCOc2ccncc2)CC1. The number of rotatable bonds is 5. The Morgan fingerprint density at radius 2 is 1.79 bits per heavy atom. The maximum absolute atomic E-state index is 12.5. The van der Waals surface area contributed by atoms with Crippen LogP contribution in [-0.4, -0.2) is 35.5 Å². The molecular weight excluding hydrogens is 324 g/mol.